The number of anilines is 1. The number of hydrogen-bond donors (Lipinski definition) is 3. The number of nitrogens with one attached hydrogen (secondary N) is 3. The number of aromatic amines is 1. The Morgan fingerprint density at radius 2 is 1.94 bits per heavy atom. The van der Waals surface area contributed by atoms with Gasteiger partial charge < -0.3 is 20.5 Å². The van der Waals surface area contributed by atoms with Crippen LogP contribution in [0.3, 0.4) is 0 Å². The standard InChI is InChI=1S/C25H32N4O2/c1-5-29(6-2)13-12-26-24(30)21-16(4)27-23-17(21)8-7-9-18(23)22-19-14-15(3)10-11-20(19)28-25(22)31/h10-11,14,27H,5-9,12-13H2,1-4H3,(H,26,30)(H,28,31). The summed E-state index contributed by atoms with van der Waals surface area (Å²) in [6.07, 6.45) is 2.60. The molecule has 2 aromatic rings. The lowest BCUT2D eigenvalue weighted by Crippen LogP contribution is -2.35. The molecule has 2 aliphatic rings. The highest BCUT2D eigenvalue weighted by Crippen LogP contribution is 2.43. The zero-order valence-corrected chi connectivity index (χ0v) is 18.9. The Morgan fingerprint density at radius 1 is 1.16 bits per heavy atom. The molecule has 0 bridgehead atoms. The predicted octanol–water partition coefficient (Wildman–Crippen LogP) is 3.90. The van der Waals surface area contributed by atoms with Gasteiger partial charge in [-0.2, -0.15) is 0 Å². The van der Waals surface area contributed by atoms with Gasteiger partial charge in [-0.25, -0.2) is 0 Å². The molecular formula is C25H32N4O2. The van der Waals surface area contributed by atoms with Crippen molar-refractivity contribution in [2.45, 2.75) is 47.0 Å². The average molecular weight is 421 g/mol. The third-order valence-electron chi connectivity index (χ3n) is 6.50. The van der Waals surface area contributed by atoms with Gasteiger partial charge >= 0.3 is 0 Å². The zero-order valence-electron chi connectivity index (χ0n) is 18.9. The van der Waals surface area contributed by atoms with Crippen LogP contribution >= 0.6 is 0 Å². The number of amides is 2. The maximum atomic E-state index is 13.0. The Morgan fingerprint density at radius 3 is 2.68 bits per heavy atom. The Balaban J connectivity index is 1.68. The first kappa shape index (κ1) is 21.4. The summed E-state index contributed by atoms with van der Waals surface area (Å²) in [5.41, 5.74) is 8.33. The number of aryl methyl sites for hydroxylation is 2. The first-order valence-corrected chi connectivity index (χ1v) is 11.3. The van der Waals surface area contributed by atoms with Gasteiger partial charge in [0.25, 0.3) is 11.8 Å². The largest absolute Gasteiger partial charge is 0.358 e. The maximum Gasteiger partial charge on any atom is 0.256 e. The third kappa shape index (κ3) is 3.92. The van der Waals surface area contributed by atoms with Gasteiger partial charge in [0.15, 0.2) is 0 Å². The lowest BCUT2D eigenvalue weighted by molar-refractivity contribution is -0.110. The van der Waals surface area contributed by atoms with E-state index in [-0.39, 0.29) is 11.8 Å². The number of rotatable bonds is 6. The lowest BCUT2D eigenvalue weighted by atomic mass is 9.85. The molecule has 0 saturated carbocycles. The number of likely N-dealkylation sites (N-methyl/N-ethyl adjacent to an activating group) is 1. The molecule has 1 aliphatic heterocycles. The van der Waals surface area contributed by atoms with Crippen LogP contribution in [0.4, 0.5) is 5.69 Å². The van der Waals surface area contributed by atoms with E-state index < -0.39 is 0 Å². The number of hydrogen-bond acceptors (Lipinski definition) is 3. The van der Waals surface area contributed by atoms with E-state index in [9.17, 15) is 9.59 Å². The molecule has 0 unspecified atom stereocenters. The maximum absolute atomic E-state index is 13.0. The van der Waals surface area contributed by atoms with Crippen LogP contribution in [0, 0.1) is 13.8 Å². The Labute approximate surface area is 184 Å². The van der Waals surface area contributed by atoms with Crippen LogP contribution in [0.15, 0.2) is 18.2 Å². The smallest absolute Gasteiger partial charge is 0.256 e. The van der Waals surface area contributed by atoms with E-state index in [4.69, 9.17) is 0 Å². The van der Waals surface area contributed by atoms with Crippen molar-refractivity contribution in [2.24, 2.45) is 0 Å². The number of carbonyl (C=O) groups is 2. The van der Waals surface area contributed by atoms with Crippen molar-refractivity contribution in [3.8, 4) is 0 Å². The van der Waals surface area contributed by atoms with Gasteiger partial charge in [-0.05, 0) is 69.5 Å². The normalized spacial score (nSPS) is 17.5. The zero-order chi connectivity index (χ0) is 22.1. The molecule has 6 heteroatoms. The van der Waals surface area contributed by atoms with Crippen LogP contribution in [0.5, 0.6) is 0 Å². The minimum Gasteiger partial charge on any atom is -0.358 e. The molecular weight excluding hydrogens is 388 g/mol. The van der Waals surface area contributed by atoms with Gasteiger partial charge in [0.1, 0.15) is 0 Å². The molecule has 1 aliphatic carbocycles. The van der Waals surface area contributed by atoms with E-state index in [1.54, 1.807) is 0 Å². The summed E-state index contributed by atoms with van der Waals surface area (Å²) in [6.45, 7) is 11.7. The molecule has 31 heavy (non-hydrogen) atoms. The molecule has 164 valence electrons. The average Bonchev–Trinajstić information content (AvgIpc) is 3.26. The van der Waals surface area contributed by atoms with Gasteiger partial charge in [-0.1, -0.05) is 25.5 Å². The fourth-order valence-corrected chi connectivity index (χ4v) is 4.85. The number of benzene rings is 1. The minimum absolute atomic E-state index is 0.0273. The van der Waals surface area contributed by atoms with Crippen LogP contribution in [0.2, 0.25) is 0 Å². The number of fused-ring (bicyclic) bond motifs is 2. The molecule has 0 atom stereocenters. The highest BCUT2D eigenvalue weighted by Gasteiger charge is 2.33. The Hall–Kier alpha value is -2.86. The summed E-state index contributed by atoms with van der Waals surface area (Å²) in [7, 11) is 0. The summed E-state index contributed by atoms with van der Waals surface area (Å²) in [5, 5.41) is 6.10. The molecule has 1 aromatic carbocycles. The van der Waals surface area contributed by atoms with E-state index in [0.717, 1.165) is 89.4 Å². The van der Waals surface area contributed by atoms with Crippen molar-refractivity contribution in [2.75, 3.05) is 31.5 Å². The highest BCUT2D eigenvalue weighted by molar-refractivity contribution is 6.37. The first-order valence-electron chi connectivity index (χ1n) is 11.3. The monoisotopic (exact) mass is 420 g/mol. The van der Waals surface area contributed by atoms with Crippen LogP contribution < -0.4 is 10.6 Å². The summed E-state index contributed by atoms with van der Waals surface area (Å²) in [6, 6.07) is 6.05. The number of carbonyl (C=O) groups excluding carboxylic acids is 2. The second-order valence-corrected chi connectivity index (χ2v) is 8.47. The molecule has 2 amide bonds. The lowest BCUT2D eigenvalue weighted by Gasteiger charge is -2.19. The van der Waals surface area contributed by atoms with Crippen LogP contribution in [0.1, 0.15) is 65.1 Å². The Bertz CT molecular complexity index is 1060. The molecule has 0 spiro atoms. The third-order valence-corrected chi connectivity index (χ3v) is 6.50. The fraction of sp³-hybridized carbons (Fsp3) is 0.440. The Kier molecular flexibility index (Phi) is 6.01. The van der Waals surface area contributed by atoms with Crippen molar-refractivity contribution in [3.63, 3.8) is 0 Å². The van der Waals surface area contributed by atoms with Gasteiger partial charge in [0, 0.05) is 35.7 Å². The van der Waals surface area contributed by atoms with E-state index in [1.807, 2.05) is 26.0 Å². The van der Waals surface area contributed by atoms with Crippen molar-refractivity contribution in [1.82, 2.24) is 15.2 Å². The number of nitrogens with zero attached hydrogens (tertiary/aromatic N) is 1. The number of H-pyrrole nitrogens is 1. The van der Waals surface area contributed by atoms with E-state index in [0.29, 0.717) is 6.54 Å². The molecule has 0 fully saturated rings. The van der Waals surface area contributed by atoms with Crippen LogP contribution in [0.25, 0.3) is 11.1 Å². The van der Waals surface area contributed by atoms with Crippen molar-refractivity contribution in [1.29, 1.82) is 0 Å². The number of aromatic nitrogens is 1. The summed E-state index contributed by atoms with van der Waals surface area (Å²) < 4.78 is 0. The van der Waals surface area contributed by atoms with E-state index in [1.165, 1.54) is 0 Å². The van der Waals surface area contributed by atoms with Gasteiger partial charge in [0.2, 0.25) is 0 Å². The molecule has 4 rings (SSSR count). The number of allylic oxidation sites excluding steroid dienone is 1. The van der Waals surface area contributed by atoms with E-state index in [2.05, 4.69) is 40.4 Å². The molecule has 0 radical (unpaired) electrons. The van der Waals surface area contributed by atoms with Crippen molar-refractivity contribution in [3.05, 3.63) is 51.8 Å². The molecule has 6 nitrogen and oxygen atoms in total. The highest BCUT2D eigenvalue weighted by atomic mass is 16.2. The summed E-state index contributed by atoms with van der Waals surface area (Å²) >= 11 is 0. The van der Waals surface area contributed by atoms with Gasteiger partial charge in [-0.15, -0.1) is 0 Å². The minimum atomic E-state index is -0.0547. The second kappa shape index (κ2) is 8.71. The van der Waals surface area contributed by atoms with E-state index >= 15 is 0 Å². The van der Waals surface area contributed by atoms with Crippen LogP contribution in [-0.4, -0.2) is 47.9 Å². The summed E-state index contributed by atoms with van der Waals surface area (Å²) in [5.74, 6) is -0.0820. The van der Waals surface area contributed by atoms with Gasteiger partial charge in [-0.3, -0.25) is 9.59 Å². The van der Waals surface area contributed by atoms with Crippen LogP contribution in [-0.2, 0) is 11.2 Å². The topological polar surface area (TPSA) is 77.2 Å². The fourth-order valence-electron chi connectivity index (χ4n) is 4.85. The molecule has 1 aromatic heterocycles. The SMILES string of the molecule is CCN(CC)CCNC(=O)c1c(C)[nH]c2c1CCCC2=C1C(=O)Nc2ccc(C)cc21. The first-order chi connectivity index (χ1) is 14.9. The quantitative estimate of drug-likeness (QED) is 0.620. The molecule has 3 N–H and O–H groups in total. The van der Waals surface area contributed by atoms with Crippen molar-refractivity contribution >= 4 is 28.6 Å². The predicted molar refractivity (Wildman–Crippen MR) is 125 cm³/mol. The second-order valence-electron chi connectivity index (χ2n) is 8.47. The van der Waals surface area contributed by atoms with Crippen molar-refractivity contribution < 1.29 is 9.59 Å². The van der Waals surface area contributed by atoms with Gasteiger partial charge in [0.05, 0.1) is 11.1 Å². The molecule has 0 saturated heterocycles. The molecule has 2 heterocycles. The summed E-state index contributed by atoms with van der Waals surface area (Å²) in [4.78, 5) is 31.7.